The summed E-state index contributed by atoms with van der Waals surface area (Å²) in [5.41, 5.74) is -7.53. The van der Waals surface area contributed by atoms with Gasteiger partial charge in [0.05, 0.1) is 34.7 Å². The quantitative estimate of drug-likeness (QED) is 0.226. The molecule has 3 saturated heterocycles. The van der Waals surface area contributed by atoms with E-state index in [1.54, 1.807) is 32.9 Å². The first kappa shape index (κ1) is 36.7. The van der Waals surface area contributed by atoms with Gasteiger partial charge in [-0.2, -0.15) is 0 Å². The molecule has 8 fully saturated rings. The van der Waals surface area contributed by atoms with Crippen molar-refractivity contribution in [3.8, 4) is 0 Å². The summed E-state index contributed by atoms with van der Waals surface area (Å²) < 4.78 is 54.8. The van der Waals surface area contributed by atoms with E-state index < -0.39 is 133 Å². The fourth-order valence-corrected chi connectivity index (χ4v) is 16.1. The van der Waals surface area contributed by atoms with Crippen molar-refractivity contribution in [1.29, 1.82) is 0 Å². The number of sulfonamides is 1. The second-order valence-electron chi connectivity index (χ2n) is 18.5. The van der Waals surface area contributed by atoms with Crippen molar-refractivity contribution >= 4 is 33.7 Å². The number of fused-ring (bicyclic) bond motifs is 9. The monoisotopic (exact) mass is 771 g/mol. The molecular weight excluding hydrogens is 722 g/mol. The van der Waals surface area contributed by atoms with Crippen molar-refractivity contribution in [2.24, 2.45) is 57.7 Å². The van der Waals surface area contributed by atoms with Crippen LogP contribution in [0.15, 0.2) is 29.2 Å². The Morgan fingerprint density at radius 2 is 1.56 bits per heavy atom. The van der Waals surface area contributed by atoms with Crippen molar-refractivity contribution in [2.75, 3.05) is 0 Å². The number of carbonyl (C=O) groups excluding carboxylic acids is 4. The van der Waals surface area contributed by atoms with E-state index in [4.69, 9.17) is 18.9 Å². The number of aliphatic hydroxyl groups is 3. The number of benzene rings is 1. The number of esters is 3. The van der Waals surface area contributed by atoms with Crippen molar-refractivity contribution in [3.05, 3.63) is 29.8 Å². The van der Waals surface area contributed by atoms with Gasteiger partial charge in [-0.05, 0) is 56.1 Å². The molecule has 1 aromatic rings. The largest absolute Gasteiger partial charge is 0.458 e. The van der Waals surface area contributed by atoms with Crippen LogP contribution in [0.4, 0.5) is 0 Å². The zero-order valence-electron chi connectivity index (χ0n) is 31.6. The molecule has 0 bridgehead atoms. The van der Waals surface area contributed by atoms with E-state index in [-0.39, 0.29) is 17.1 Å². The highest BCUT2D eigenvalue weighted by Gasteiger charge is 2.96. The van der Waals surface area contributed by atoms with Gasteiger partial charge in [0.25, 0.3) is 0 Å². The molecule has 3 unspecified atom stereocenters. The highest BCUT2D eigenvalue weighted by molar-refractivity contribution is 7.89. The number of aryl methyl sites for hydroxylation is 1. The molecule has 1 aromatic carbocycles. The lowest BCUT2D eigenvalue weighted by molar-refractivity contribution is -0.260. The number of hydrogen-bond donors (Lipinski definition) is 3. The molecule has 3 aliphatic heterocycles. The van der Waals surface area contributed by atoms with E-state index in [1.807, 2.05) is 13.8 Å². The van der Waals surface area contributed by atoms with Crippen LogP contribution < -0.4 is 0 Å². The molecule has 0 amide bonds. The minimum atomic E-state index is -4.38. The number of epoxide rings is 1. The van der Waals surface area contributed by atoms with E-state index >= 15 is 0 Å². The average Bonchev–Trinajstić information content (AvgIpc) is 3.96. The Morgan fingerprint density at radius 1 is 0.926 bits per heavy atom. The summed E-state index contributed by atoms with van der Waals surface area (Å²) in [7, 11) is -4.38. The number of carbonyl (C=O) groups is 4. The van der Waals surface area contributed by atoms with Gasteiger partial charge in [-0.25, -0.2) is 13.2 Å². The predicted octanol–water partition coefficient (Wildman–Crippen LogP) is 1.49. The molecule has 3 N–H and O–H groups in total. The van der Waals surface area contributed by atoms with Crippen LogP contribution in [0.2, 0.25) is 0 Å². The third-order valence-corrected chi connectivity index (χ3v) is 18.1. The molecule has 14 nitrogen and oxygen atoms in total. The van der Waals surface area contributed by atoms with Crippen molar-refractivity contribution in [2.45, 2.75) is 127 Å². The summed E-state index contributed by atoms with van der Waals surface area (Å²) >= 11 is 0. The molecule has 5 saturated carbocycles. The van der Waals surface area contributed by atoms with E-state index in [1.165, 1.54) is 32.9 Å². The zero-order chi connectivity index (χ0) is 39.2. The van der Waals surface area contributed by atoms with Gasteiger partial charge in [-0.1, -0.05) is 45.4 Å². The van der Waals surface area contributed by atoms with E-state index in [0.717, 1.165) is 9.87 Å². The normalized spacial score (nSPS) is 54.7. The smallest absolute Gasteiger partial charge is 0.340 e. The molecule has 0 radical (unpaired) electrons. The lowest BCUT2D eigenvalue weighted by atomic mass is 9.41. The summed E-state index contributed by atoms with van der Waals surface area (Å²) in [6.07, 6.45) is -5.02. The van der Waals surface area contributed by atoms with E-state index in [0.29, 0.717) is 12.8 Å². The first-order chi connectivity index (χ1) is 25.0. The fourth-order valence-electron chi connectivity index (χ4n) is 14.1. The standard InChI is InChI=1S/C39H49NO13S/c1-15-9-11-19(12-10-15)54(48,49)40-32-16(2)24-27(37(7)38(8,47)34(46)53-39(32,37)40)30(45)25-23-26(31(50-17(3)41)33(36(24,25)6)51-18(4)42)35(5)14-22-21(52-22)13-20(35)28(43)29(23)44/h9-12,16,20-27,29-33,44-45,47H,13-14H2,1-8H3/t16-,20+,21-,22+,23?,24-,25+,26?,27-,29+,30+,31-,32+,33-,35-,36+,37-,38+,39-,40?/m0/s1. The van der Waals surface area contributed by atoms with Gasteiger partial charge in [-0.15, -0.1) is 4.31 Å². The van der Waals surface area contributed by atoms with Gasteiger partial charge in [0.1, 0.15) is 18.3 Å². The Hall–Kier alpha value is -2.95. The Morgan fingerprint density at radius 3 is 2.17 bits per heavy atom. The first-order valence-electron chi connectivity index (χ1n) is 19.0. The molecule has 3 heterocycles. The lowest BCUT2D eigenvalue weighted by Gasteiger charge is -2.64. The van der Waals surface area contributed by atoms with Crippen molar-refractivity contribution < 1.29 is 61.9 Å². The molecule has 8 aliphatic rings. The summed E-state index contributed by atoms with van der Waals surface area (Å²) in [4.78, 5) is 54.5. The minimum absolute atomic E-state index is 0.0435. The number of rotatable bonds is 4. The molecule has 9 rings (SSSR count). The summed E-state index contributed by atoms with van der Waals surface area (Å²) in [5.74, 6) is -8.95. The molecule has 5 aliphatic carbocycles. The number of aliphatic hydroxyl groups excluding tert-OH is 2. The Bertz CT molecular complexity index is 2000. The van der Waals surface area contributed by atoms with Crippen LogP contribution in [0, 0.1) is 64.6 Å². The van der Waals surface area contributed by atoms with Gasteiger partial charge < -0.3 is 34.3 Å². The van der Waals surface area contributed by atoms with Crippen LogP contribution in [0.1, 0.15) is 66.9 Å². The van der Waals surface area contributed by atoms with Gasteiger partial charge in [-0.3, -0.25) is 14.4 Å². The topological polar surface area (TPSA) is 206 Å². The van der Waals surface area contributed by atoms with E-state index in [2.05, 4.69) is 0 Å². The Labute approximate surface area is 313 Å². The molecule has 1 spiro atoms. The lowest BCUT2D eigenvalue weighted by Crippen LogP contribution is -2.72. The highest BCUT2D eigenvalue weighted by atomic mass is 32.2. The van der Waals surface area contributed by atoms with Gasteiger partial charge in [0.2, 0.25) is 15.7 Å². The SMILES string of the molecule is CC(=O)O[C@H]1C2C([C@@H]3[C@@H](O)[C@@H]4[C@H]([C@H](C)[C@H]5N(S(=O)(=O)c6ccc(C)cc6)[C@]56OC(=O)[C@@](C)(O)[C@]46C)[C@@]3(C)[C@H]1OC(C)=O)[C@@H](O)C(=O)[C@H]1C[C@@H]3O[C@@H]3C[C@]21C. The fraction of sp³-hybridized carbons (Fsp3) is 0.744. The molecule has 0 aromatic heterocycles. The maximum atomic E-state index is 14.6. The van der Waals surface area contributed by atoms with Crippen LogP contribution in [-0.2, 0) is 48.1 Å². The van der Waals surface area contributed by atoms with Crippen LogP contribution in [0.25, 0.3) is 0 Å². The summed E-state index contributed by atoms with van der Waals surface area (Å²) in [6, 6.07) is 5.21. The van der Waals surface area contributed by atoms with Crippen LogP contribution in [-0.4, -0.2) is 106 Å². The third kappa shape index (κ3) is 3.96. The number of hydrogen-bond acceptors (Lipinski definition) is 13. The molecule has 15 heteroatoms. The van der Waals surface area contributed by atoms with Crippen molar-refractivity contribution in [1.82, 2.24) is 4.31 Å². The summed E-state index contributed by atoms with van der Waals surface area (Å²) in [5, 5.41) is 37.6. The first-order valence-corrected chi connectivity index (χ1v) is 20.4. The molecular formula is C39H49NO13S. The summed E-state index contributed by atoms with van der Waals surface area (Å²) in [6.45, 7) is 12.6. The van der Waals surface area contributed by atoms with Crippen molar-refractivity contribution in [3.63, 3.8) is 0 Å². The maximum absolute atomic E-state index is 14.6. The van der Waals surface area contributed by atoms with Crippen LogP contribution >= 0.6 is 0 Å². The highest BCUT2D eigenvalue weighted by Crippen LogP contribution is 2.82. The van der Waals surface area contributed by atoms with Crippen LogP contribution in [0.5, 0.6) is 0 Å². The molecule has 294 valence electrons. The maximum Gasteiger partial charge on any atom is 0.340 e. The molecule has 54 heavy (non-hydrogen) atoms. The minimum Gasteiger partial charge on any atom is -0.458 e. The predicted molar refractivity (Wildman–Crippen MR) is 184 cm³/mol. The Kier molecular flexibility index (Phi) is 7.27. The van der Waals surface area contributed by atoms with Crippen LogP contribution in [0.3, 0.4) is 0 Å². The van der Waals surface area contributed by atoms with Gasteiger partial charge >= 0.3 is 17.9 Å². The number of ketones is 1. The number of ether oxygens (including phenoxy) is 4. The second-order valence-corrected chi connectivity index (χ2v) is 20.3. The average molecular weight is 772 g/mol. The van der Waals surface area contributed by atoms with Gasteiger partial charge in [0, 0.05) is 48.9 Å². The van der Waals surface area contributed by atoms with Gasteiger partial charge in [0.15, 0.2) is 11.4 Å². The van der Waals surface area contributed by atoms with E-state index in [9.17, 15) is 42.9 Å². The second kappa shape index (κ2) is 10.7. The number of Topliss-reactive ketones (excluding diaryl/α,β-unsaturated/α-hetero) is 1. The third-order valence-electron chi connectivity index (χ3n) is 16.2. The molecule has 20 atom stereocenters. The zero-order valence-corrected chi connectivity index (χ0v) is 32.4. The number of nitrogens with zero attached hydrogens (tertiary/aromatic N) is 1. The Balaban J connectivity index is 1.27.